The first kappa shape index (κ1) is 15.8. The van der Waals surface area contributed by atoms with Crippen LogP contribution in [-0.4, -0.2) is 25.2 Å². The lowest BCUT2D eigenvalue weighted by atomic mass is 10.1. The smallest absolute Gasteiger partial charge is 0.344 e. The molecule has 0 N–H and O–H groups in total. The maximum absolute atomic E-state index is 11.6. The molecule has 0 aromatic heterocycles. The molecule has 0 saturated heterocycles. The molecular formula is C13H14Cl2O4. The van der Waals surface area contributed by atoms with Gasteiger partial charge in [0.15, 0.2) is 6.61 Å². The van der Waals surface area contributed by atoms with Gasteiger partial charge in [-0.1, -0.05) is 23.2 Å². The zero-order chi connectivity index (χ0) is 14.4. The monoisotopic (exact) mass is 304 g/mol. The maximum Gasteiger partial charge on any atom is 0.344 e. The summed E-state index contributed by atoms with van der Waals surface area (Å²) in [5.41, 5.74) is 1.32. The fraction of sp³-hybridized carbons (Fsp3) is 0.385. The van der Waals surface area contributed by atoms with E-state index in [1.54, 1.807) is 26.0 Å². The van der Waals surface area contributed by atoms with Gasteiger partial charge in [0, 0.05) is 10.0 Å². The molecule has 0 bridgehead atoms. The lowest BCUT2D eigenvalue weighted by Crippen LogP contribution is -2.18. The summed E-state index contributed by atoms with van der Waals surface area (Å²) >= 11 is 12.0. The number of benzene rings is 1. The molecule has 0 aliphatic heterocycles. The third kappa shape index (κ3) is 4.73. The second kappa shape index (κ2) is 7.36. The Morgan fingerprint density at radius 2 is 1.74 bits per heavy atom. The molecular weight excluding hydrogens is 291 g/mol. The molecule has 0 fully saturated rings. The number of esters is 2. The zero-order valence-corrected chi connectivity index (χ0v) is 12.2. The number of carbonyl (C=O) groups is 2. The molecule has 0 spiro atoms. The number of ether oxygens (including phenoxy) is 2. The minimum Gasteiger partial charge on any atom is -0.463 e. The average molecular weight is 305 g/mol. The van der Waals surface area contributed by atoms with Crippen LogP contribution in [0.4, 0.5) is 0 Å². The fourth-order valence-corrected chi connectivity index (χ4v) is 1.90. The molecule has 6 heteroatoms. The molecule has 0 amide bonds. The number of rotatable bonds is 5. The van der Waals surface area contributed by atoms with Crippen molar-refractivity contribution < 1.29 is 19.1 Å². The van der Waals surface area contributed by atoms with E-state index in [4.69, 9.17) is 27.9 Å². The van der Waals surface area contributed by atoms with Gasteiger partial charge in [-0.3, -0.25) is 4.79 Å². The van der Waals surface area contributed by atoms with Crippen LogP contribution in [0.15, 0.2) is 12.1 Å². The standard InChI is InChI=1S/C13H14Cl2O4/c1-3-18-13(17)7-19-12(16)6-9-8(2)10(14)4-5-11(9)15/h4-5H,3,6-7H2,1-2H3. The summed E-state index contributed by atoms with van der Waals surface area (Å²) in [6.45, 7) is 3.29. The van der Waals surface area contributed by atoms with Crippen LogP contribution in [0.1, 0.15) is 18.1 Å². The number of carbonyl (C=O) groups excluding carboxylic acids is 2. The molecule has 1 aromatic rings. The summed E-state index contributed by atoms with van der Waals surface area (Å²) in [5.74, 6) is -1.13. The van der Waals surface area contributed by atoms with Crippen molar-refractivity contribution in [2.45, 2.75) is 20.3 Å². The third-order valence-corrected chi connectivity index (χ3v) is 3.22. The van der Waals surface area contributed by atoms with Crippen LogP contribution < -0.4 is 0 Å². The topological polar surface area (TPSA) is 52.6 Å². The van der Waals surface area contributed by atoms with Crippen molar-refractivity contribution in [3.63, 3.8) is 0 Å². The molecule has 0 heterocycles. The van der Waals surface area contributed by atoms with E-state index >= 15 is 0 Å². The number of hydrogen-bond acceptors (Lipinski definition) is 4. The zero-order valence-electron chi connectivity index (χ0n) is 10.7. The molecule has 4 nitrogen and oxygen atoms in total. The Hall–Kier alpha value is -1.26. The minimum atomic E-state index is -0.579. The van der Waals surface area contributed by atoms with Crippen LogP contribution >= 0.6 is 23.2 Å². The van der Waals surface area contributed by atoms with Gasteiger partial charge in [0.25, 0.3) is 0 Å². The predicted molar refractivity (Wildman–Crippen MR) is 72.5 cm³/mol. The van der Waals surface area contributed by atoms with Gasteiger partial charge in [0.1, 0.15) is 0 Å². The highest BCUT2D eigenvalue weighted by atomic mass is 35.5. The van der Waals surface area contributed by atoms with Crippen molar-refractivity contribution in [3.05, 3.63) is 33.3 Å². The fourth-order valence-electron chi connectivity index (χ4n) is 1.45. The van der Waals surface area contributed by atoms with Crippen molar-refractivity contribution in [3.8, 4) is 0 Å². The molecule has 0 saturated carbocycles. The molecule has 0 radical (unpaired) electrons. The molecule has 0 aliphatic carbocycles. The van der Waals surface area contributed by atoms with Gasteiger partial charge in [-0.15, -0.1) is 0 Å². The predicted octanol–water partition coefficient (Wildman–Crippen LogP) is 2.95. The average Bonchev–Trinajstić information content (AvgIpc) is 2.37. The Labute approximate surface area is 121 Å². The summed E-state index contributed by atoms with van der Waals surface area (Å²) in [6, 6.07) is 3.28. The van der Waals surface area contributed by atoms with Gasteiger partial charge < -0.3 is 9.47 Å². The lowest BCUT2D eigenvalue weighted by Gasteiger charge is -2.09. The van der Waals surface area contributed by atoms with E-state index in [1.165, 1.54) is 0 Å². The molecule has 1 aromatic carbocycles. The van der Waals surface area contributed by atoms with Crippen LogP contribution in [0.2, 0.25) is 10.0 Å². The van der Waals surface area contributed by atoms with Crippen molar-refractivity contribution in [1.82, 2.24) is 0 Å². The molecule has 1 rings (SSSR count). The third-order valence-electron chi connectivity index (χ3n) is 2.45. The largest absolute Gasteiger partial charge is 0.463 e. The second-order valence-corrected chi connectivity index (χ2v) is 4.59. The van der Waals surface area contributed by atoms with E-state index in [2.05, 4.69) is 4.74 Å². The normalized spacial score (nSPS) is 10.1. The van der Waals surface area contributed by atoms with E-state index < -0.39 is 18.5 Å². The number of halogens is 2. The molecule has 0 aliphatic rings. The van der Waals surface area contributed by atoms with Crippen LogP contribution in [-0.2, 0) is 25.5 Å². The van der Waals surface area contributed by atoms with Crippen molar-refractivity contribution in [1.29, 1.82) is 0 Å². The van der Waals surface area contributed by atoms with Crippen LogP contribution in [0.25, 0.3) is 0 Å². The summed E-state index contributed by atoms with van der Waals surface area (Å²) in [4.78, 5) is 22.6. The summed E-state index contributed by atoms with van der Waals surface area (Å²) in [5, 5.41) is 0.965. The van der Waals surface area contributed by atoms with Crippen molar-refractivity contribution in [2.75, 3.05) is 13.2 Å². The van der Waals surface area contributed by atoms with Gasteiger partial charge in [0.05, 0.1) is 13.0 Å². The van der Waals surface area contributed by atoms with Gasteiger partial charge in [0.2, 0.25) is 0 Å². The highest BCUT2D eigenvalue weighted by Gasteiger charge is 2.14. The van der Waals surface area contributed by atoms with Crippen LogP contribution in [0.5, 0.6) is 0 Å². The first-order valence-corrected chi connectivity index (χ1v) is 6.46. The van der Waals surface area contributed by atoms with E-state index in [0.29, 0.717) is 15.6 Å². The van der Waals surface area contributed by atoms with Gasteiger partial charge >= 0.3 is 11.9 Å². The van der Waals surface area contributed by atoms with Gasteiger partial charge in [-0.2, -0.15) is 0 Å². The summed E-state index contributed by atoms with van der Waals surface area (Å²) in [6.07, 6.45) is -0.0371. The molecule has 0 atom stereocenters. The first-order chi connectivity index (χ1) is 8.95. The van der Waals surface area contributed by atoms with E-state index in [-0.39, 0.29) is 13.0 Å². The van der Waals surface area contributed by atoms with E-state index in [0.717, 1.165) is 5.56 Å². The number of hydrogen-bond donors (Lipinski definition) is 0. The highest BCUT2D eigenvalue weighted by molar-refractivity contribution is 6.34. The van der Waals surface area contributed by atoms with Crippen LogP contribution in [0.3, 0.4) is 0 Å². The first-order valence-electron chi connectivity index (χ1n) is 5.70. The second-order valence-electron chi connectivity index (χ2n) is 3.78. The van der Waals surface area contributed by atoms with Gasteiger partial charge in [-0.05, 0) is 37.1 Å². The Bertz CT molecular complexity index is 486. The highest BCUT2D eigenvalue weighted by Crippen LogP contribution is 2.26. The van der Waals surface area contributed by atoms with E-state index in [9.17, 15) is 9.59 Å². The van der Waals surface area contributed by atoms with Crippen LogP contribution in [0, 0.1) is 6.92 Å². The Morgan fingerprint density at radius 1 is 1.11 bits per heavy atom. The van der Waals surface area contributed by atoms with Gasteiger partial charge in [-0.25, -0.2) is 4.79 Å². The molecule has 104 valence electrons. The Morgan fingerprint density at radius 3 is 2.37 bits per heavy atom. The van der Waals surface area contributed by atoms with Crippen molar-refractivity contribution >= 4 is 35.1 Å². The van der Waals surface area contributed by atoms with E-state index in [1.807, 2.05) is 0 Å². The maximum atomic E-state index is 11.6. The minimum absolute atomic E-state index is 0.0371. The molecule has 19 heavy (non-hydrogen) atoms. The molecule has 0 unspecified atom stereocenters. The quantitative estimate of drug-likeness (QED) is 0.785. The lowest BCUT2D eigenvalue weighted by molar-refractivity contribution is -0.158. The summed E-state index contributed by atoms with van der Waals surface area (Å²) in [7, 11) is 0. The Balaban J connectivity index is 2.63. The summed E-state index contributed by atoms with van der Waals surface area (Å²) < 4.78 is 9.44. The van der Waals surface area contributed by atoms with Crippen molar-refractivity contribution in [2.24, 2.45) is 0 Å². The Kier molecular flexibility index (Phi) is 6.12. The SMILES string of the molecule is CCOC(=O)COC(=O)Cc1c(Cl)ccc(Cl)c1C.